The first-order valence-electron chi connectivity index (χ1n) is 8.39. The minimum Gasteiger partial charge on any atom is -0.366 e. The molecule has 1 saturated heterocycles. The molecule has 0 spiro atoms. The van der Waals surface area contributed by atoms with Crippen LogP contribution in [-0.4, -0.2) is 46.7 Å². The Morgan fingerprint density at radius 1 is 1.40 bits per heavy atom. The molecule has 2 heterocycles. The van der Waals surface area contributed by atoms with E-state index >= 15 is 0 Å². The van der Waals surface area contributed by atoms with E-state index in [1.165, 1.54) is 5.56 Å². The van der Waals surface area contributed by atoms with E-state index in [-0.39, 0.29) is 0 Å². The molecular formula is C18H24N6O. The molecule has 132 valence electrons. The van der Waals surface area contributed by atoms with Gasteiger partial charge in [0.1, 0.15) is 0 Å². The van der Waals surface area contributed by atoms with Crippen LogP contribution in [0, 0.1) is 0 Å². The van der Waals surface area contributed by atoms with Crippen molar-refractivity contribution >= 4 is 11.9 Å². The van der Waals surface area contributed by atoms with Crippen LogP contribution in [0.3, 0.4) is 0 Å². The monoisotopic (exact) mass is 340 g/mol. The highest BCUT2D eigenvalue weighted by molar-refractivity contribution is 5.92. The number of amides is 1. The summed E-state index contributed by atoms with van der Waals surface area (Å²) < 4.78 is 1.85. The van der Waals surface area contributed by atoms with Gasteiger partial charge in [-0.25, -0.2) is 0 Å². The fourth-order valence-electron chi connectivity index (χ4n) is 3.18. The van der Waals surface area contributed by atoms with Crippen LogP contribution in [0.1, 0.15) is 33.8 Å². The maximum absolute atomic E-state index is 11.1. The summed E-state index contributed by atoms with van der Waals surface area (Å²) in [5, 5.41) is 7.66. The number of hydrogen-bond donors (Lipinski definition) is 2. The number of nitrogens with two attached hydrogens (primary N) is 1. The largest absolute Gasteiger partial charge is 0.366 e. The molecule has 1 unspecified atom stereocenters. The molecule has 3 N–H and O–H groups in total. The van der Waals surface area contributed by atoms with Crippen LogP contribution in [0.4, 0.5) is 0 Å². The van der Waals surface area contributed by atoms with Gasteiger partial charge >= 0.3 is 0 Å². The highest BCUT2D eigenvalue weighted by Gasteiger charge is 2.26. The number of carbonyl (C=O) groups excluding carboxylic acids is 1. The van der Waals surface area contributed by atoms with E-state index in [0.29, 0.717) is 18.0 Å². The summed E-state index contributed by atoms with van der Waals surface area (Å²) in [7, 11) is 3.75. The van der Waals surface area contributed by atoms with Crippen molar-refractivity contribution in [1.82, 2.24) is 20.0 Å². The van der Waals surface area contributed by atoms with Crippen molar-refractivity contribution in [2.24, 2.45) is 17.8 Å². The van der Waals surface area contributed by atoms with Gasteiger partial charge < -0.3 is 16.0 Å². The van der Waals surface area contributed by atoms with Gasteiger partial charge in [0.15, 0.2) is 5.96 Å². The molecule has 0 radical (unpaired) electrons. The molecule has 7 nitrogen and oxygen atoms in total. The molecular weight excluding hydrogens is 316 g/mol. The number of primary amides is 1. The number of guanidine groups is 1. The molecule has 0 bridgehead atoms. The lowest BCUT2D eigenvalue weighted by atomic mass is 10.0. The zero-order valence-corrected chi connectivity index (χ0v) is 14.6. The summed E-state index contributed by atoms with van der Waals surface area (Å²) in [4.78, 5) is 17.8. The number of nitrogens with zero attached hydrogens (tertiary/aromatic N) is 4. The van der Waals surface area contributed by atoms with Crippen LogP contribution in [0.2, 0.25) is 0 Å². The third kappa shape index (κ3) is 3.99. The number of aromatic nitrogens is 2. The smallest absolute Gasteiger partial charge is 0.248 e. The fraction of sp³-hybridized carbons (Fsp3) is 0.389. The minimum absolute atomic E-state index is 0.408. The van der Waals surface area contributed by atoms with Gasteiger partial charge in [0.2, 0.25) is 5.91 Å². The molecule has 1 aliphatic rings. The normalized spacial score (nSPS) is 17.8. The van der Waals surface area contributed by atoms with Gasteiger partial charge in [-0.1, -0.05) is 12.1 Å². The lowest BCUT2D eigenvalue weighted by molar-refractivity contribution is 0.100. The van der Waals surface area contributed by atoms with Gasteiger partial charge in [0.25, 0.3) is 0 Å². The Morgan fingerprint density at radius 3 is 2.76 bits per heavy atom. The highest BCUT2D eigenvalue weighted by Crippen LogP contribution is 2.26. The van der Waals surface area contributed by atoms with Crippen LogP contribution in [0.5, 0.6) is 0 Å². The van der Waals surface area contributed by atoms with E-state index in [2.05, 4.69) is 26.5 Å². The molecule has 1 aromatic heterocycles. The molecule has 25 heavy (non-hydrogen) atoms. The summed E-state index contributed by atoms with van der Waals surface area (Å²) in [5.74, 6) is 0.973. The van der Waals surface area contributed by atoms with Crippen LogP contribution in [0.25, 0.3) is 0 Å². The van der Waals surface area contributed by atoms with E-state index < -0.39 is 5.91 Å². The van der Waals surface area contributed by atoms with Gasteiger partial charge in [-0.3, -0.25) is 14.5 Å². The third-order valence-corrected chi connectivity index (χ3v) is 4.58. The van der Waals surface area contributed by atoms with E-state index in [9.17, 15) is 4.79 Å². The van der Waals surface area contributed by atoms with Gasteiger partial charge in [-0.2, -0.15) is 5.10 Å². The average Bonchev–Trinajstić information content (AvgIpc) is 3.25. The Hall–Kier alpha value is -2.83. The summed E-state index contributed by atoms with van der Waals surface area (Å²) in [6, 6.07) is 7.30. The molecule has 7 heteroatoms. The Bertz CT molecular complexity index is 764. The van der Waals surface area contributed by atoms with Crippen molar-refractivity contribution in [3.63, 3.8) is 0 Å². The van der Waals surface area contributed by atoms with Gasteiger partial charge in [0, 0.05) is 51.4 Å². The van der Waals surface area contributed by atoms with Crippen molar-refractivity contribution in [1.29, 1.82) is 0 Å². The first-order chi connectivity index (χ1) is 12.1. The molecule has 0 saturated carbocycles. The first-order valence-corrected chi connectivity index (χ1v) is 8.39. The number of carbonyl (C=O) groups is 1. The van der Waals surface area contributed by atoms with Crippen molar-refractivity contribution in [2.45, 2.75) is 18.9 Å². The van der Waals surface area contributed by atoms with Crippen LogP contribution >= 0.6 is 0 Å². The molecule has 1 atom stereocenters. The molecule has 0 aliphatic carbocycles. The summed E-state index contributed by atoms with van der Waals surface area (Å²) in [5.41, 5.74) is 8.14. The summed E-state index contributed by atoms with van der Waals surface area (Å²) >= 11 is 0. The van der Waals surface area contributed by atoms with E-state index in [0.717, 1.165) is 31.0 Å². The molecule has 1 fully saturated rings. The van der Waals surface area contributed by atoms with Gasteiger partial charge in [0.05, 0.1) is 6.20 Å². The molecule has 2 aromatic rings. The Morgan fingerprint density at radius 2 is 2.16 bits per heavy atom. The first kappa shape index (κ1) is 17.0. The topological polar surface area (TPSA) is 88.5 Å². The lowest BCUT2D eigenvalue weighted by Crippen LogP contribution is -2.39. The predicted molar refractivity (Wildman–Crippen MR) is 97.3 cm³/mol. The van der Waals surface area contributed by atoms with Gasteiger partial charge in [-0.15, -0.1) is 0 Å². The standard InChI is InChI=1S/C18H24N6O/c1-20-18(21-9-13-3-5-14(6-4-13)17(19)25)24-8-7-15(12-24)16-10-22-23(2)11-16/h3-6,10-11,15H,7-9,12H2,1-2H3,(H2,19,25)(H,20,21). The fourth-order valence-corrected chi connectivity index (χ4v) is 3.18. The van der Waals surface area contributed by atoms with E-state index in [4.69, 9.17) is 5.73 Å². The summed E-state index contributed by atoms with van der Waals surface area (Å²) in [6.45, 7) is 2.56. The predicted octanol–water partition coefficient (Wildman–Crippen LogP) is 1.08. The molecule has 1 aromatic carbocycles. The molecule has 1 aliphatic heterocycles. The number of nitrogens with one attached hydrogen (secondary N) is 1. The maximum atomic E-state index is 11.1. The molecule has 1 amide bonds. The zero-order valence-electron chi connectivity index (χ0n) is 14.6. The Labute approximate surface area is 147 Å². The van der Waals surface area contributed by atoms with Gasteiger partial charge in [-0.05, 0) is 29.7 Å². The maximum Gasteiger partial charge on any atom is 0.248 e. The number of likely N-dealkylation sites (tertiary alicyclic amines) is 1. The third-order valence-electron chi connectivity index (χ3n) is 4.58. The highest BCUT2D eigenvalue weighted by atomic mass is 16.1. The second-order valence-corrected chi connectivity index (χ2v) is 6.34. The second-order valence-electron chi connectivity index (χ2n) is 6.34. The number of hydrogen-bond acceptors (Lipinski definition) is 3. The Balaban J connectivity index is 1.57. The molecule has 3 rings (SSSR count). The lowest BCUT2D eigenvalue weighted by Gasteiger charge is -2.21. The van der Waals surface area contributed by atoms with Crippen molar-refractivity contribution in [2.75, 3.05) is 20.1 Å². The van der Waals surface area contributed by atoms with Crippen molar-refractivity contribution in [3.05, 3.63) is 53.3 Å². The SMILES string of the molecule is CN=C(NCc1ccc(C(N)=O)cc1)N1CCC(c2cnn(C)c2)C1. The van der Waals surface area contributed by atoms with E-state index in [1.54, 1.807) is 19.2 Å². The van der Waals surface area contributed by atoms with Crippen LogP contribution < -0.4 is 11.1 Å². The zero-order chi connectivity index (χ0) is 17.8. The van der Waals surface area contributed by atoms with Crippen molar-refractivity contribution in [3.8, 4) is 0 Å². The van der Waals surface area contributed by atoms with Crippen LogP contribution in [-0.2, 0) is 13.6 Å². The van der Waals surface area contributed by atoms with Crippen molar-refractivity contribution < 1.29 is 4.79 Å². The number of benzene rings is 1. The average molecular weight is 340 g/mol. The second kappa shape index (κ2) is 7.38. The number of aliphatic imine (C=N–C) groups is 1. The van der Waals surface area contributed by atoms with E-state index in [1.807, 2.05) is 30.1 Å². The summed E-state index contributed by atoms with van der Waals surface area (Å²) in [6.07, 6.45) is 5.13. The quantitative estimate of drug-likeness (QED) is 0.644. The minimum atomic E-state index is -0.408. The number of aryl methyl sites for hydroxylation is 1. The Kier molecular flexibility index (Phi) is 5.02. The number of rotatable bonds is 4. The van der Waals surface area contributed by atoms with Crippen LogP contribution in [0.15, 0.2) is 41.7 Å².